The van der Waals surface area contributed by atoms with Crippen molar-refractivity contribution in [3.05, 3.63) is 142 Å². The zero-order valence-electron chi connectivity index (χ0n) is 42.6. The molecular formula is C58H52F6N6O10. The zero-order chi connectivity index (χ0) is 56.0. The lowest BCUT2D eigenvalue weighted by Gasteiger charge is -2.32. The first-order valence-corrected chi connectivity index (χ1v) is 26.2. The number of carbonyl (C=O) groups is 2. The number of β-amino-alcohol motifs (C(OH)–C–C–N with tert-alkyl or cyclic N) is 2. The fourth-order valence-corrected chi connectivity index (χ4v) is 11.4. The minimum absolute atomic E-state index is 0.0684. The molecule has 4 aliphatic rings. The Balaban J connectivity index is 0.000000169. The second-order valence-electron chi connectivity index (χ2n) is 20.6. The molecule has 4 aromatic heterocycles. The van der Waals surface area contributed by atoms with Crippen molar-refractivity contribution < 1.29 is 74.5 Å². The van der Waals surface area contributed by atoms with Crippen molar-refractivity contribution in [3.8, 4) is 68.1 Å². The molecule has 8 aromatic rings. The molecule has 22 heteroatoms. The lowest BCUT2D eigenvalue weighted by Crippen LogP contribution is -2.40. The van der Waals surface area contributed by atoms with Crippen LogP contribution < -0.4 is 0 Å². The van der Waals surface area contributed by atoms with E-state index in [1.165, 1.54) is 24.3 Å². The molecule has 0 unspecified atom stereocenters. The Kier molecular flexibility index (Phi) is 14.8. The Morgan fingerprint density at radius 3 is 1.27 bits per heavy atom. The molecule has 416 valence electrons. The van der Waals surface area contributed by atoms with Crippen LogP contribution in [0, 0.1) is 11.8 Å². The number of aromatic nitrogens is 4. The number of piperidine rings is 2. The van der Waals surface area contributed by atoms with Crippen LogP contribution >= 0.6 is 0 Å². The molecule has 0 spiro atoms. The maximum Gasteiger partial charge on any atom is 0.422 e. The van der Waals surface area contributed by atoms with E-state index < -0.39 is 70.8 Å². The maximum atomic E-state index is 14.2. The third-order valence-corrected chi connectivity index (χ3v) is 15.4. The van der Waals surface area contributed by atoms with Crippen molar-refractivity contribution in [1.29, 1.82) is 0 Å². The van der Waals surface area contributed by atoms with E-state index in [1.54, 1.807) is 60.7 Å². The van der Waals surface area contributed by atoms with E-state index in [0.717, 1.165) is 48.2 Å². The van der Waals surface area contributed by atoms with Gasteiger partial charge < -0.3 is 38.5 Å². The van der Waals surface area contributed by atoms with Crippen molar-refractivity contribution in [2.45, 2.75) is 75.9 Å². The van der Waals surface area contributed by atoms with Crippen molar-refractivity contribution in [2.75, 3.05) is 39.3 Å². The van der Waals surface area contributed by atoms with Gasteiger partial charge in [0.25, 0.3) is 0 Å². The Labute approximate surface area is 452 Å². The van der Waals surface area contributed by atoms with Crippen LogP contribution in [0.3, 0.4) is 0 Å². The zero-order valence-corrected chi connectivity index (χ0v) is 42.6. The topological polar surface area (TPSA) is 226 Å². The smallest absolute Gasteiger partial charge is 0.422 e. The summed E-state index contributed by atoms with van der Waals surface area (Å²) >= 11 is 0. The molecule has 2 aliphatic heterocycles. The summed E-state index contributed by atoms with van der Waals surface area (Å²) in [4.78, 5) is 26.7. The van der Waals surface area contributed by atoms with Gasteiger partial charge in [0.1, 0.15) is 22.5 Å². The second kappa shape index (κ2) is 22.0. The summed E-state index contributed by atoms with van der Waals surface area (Å²) in [6, 6.07) is 26.8. The van der Waals surface area contributed by atoms with Crippen molar-refractivity contribution in [3.63, 3.8) is 0 Å². The van der Waals surface area contributed by atoms with Gasteiger partial charge in [0.2, 0.25) is 0 Å². The predicted octanol–water partition coefficient (Wildman–Crippen LogP) is 11.2. The lowest BCUT2D eigenvalue weighted by molar-refractivity contribution is -0.144. The van der Waals surface area contributed by atoms with Crippen molar-refractivity contribution in [2.24, 2.45) is 11.8 Å². The number of halogens is 6. The SMILES string of the molecule is O=C(O)[C@H]1CCCN(C[C@@H](O)c2ccc3c(c2)CCc2c-3noc2-c2noc(-c3ccccc3)c2C(F)(F)F)C1.O=C(O)[C@H]1CCCN(C[C@H](O)c2ccc3c(c2)CCc2c-3noc2-c2noc(-c3ccccc3)c2C(F)(F)F)C1. The third kappa shape index (κ3) is 10.8. The third-order valence-electron chi connectivity index (χ3n) is 15.4. The maximum absolute atomic E-state index is 14.2. The highest BCUT2D eigenvalue weighted by molar-refractivity contribution is 5.81. The van der Waals surface area contributed by atoms with E-state index in [-0.39, 0.29) is 34.2 Å². The molecule has 2 fully saturated rings. The van der Waals surface area contributed by atoms with Gasteiger partial charge in [-0.1, -0.05) is 118 Å². The molecule has 0 amide bonds. The fraction of sp³-hybridized carbons (Fsp3) is 0.345. The largest absolute Gasteiger partial charge is 0.481 e. The Bertz CT molecular complexity index is 3320. The van der Waals surface area contributed by atoms with Crippen LogP contribution in [0.2, 0.25) is 0 Å². The first-order valence-electron chi connectivity index (χ1n) is 26.2. The molecule has 4 atom stereocenters. The number of nitrogens with zero attached hydrogens (tertiary/aromatic N) is 6. The number of hydrogen-bond donors (Lipinski definition) is 4. The summed E-state index contributed by atoms with van der Waals surface area (Å²) < 4.78 is 107. The molecule has 0 bridgehead atoms. The second-order valence-corrected chi connectivity index (χ2v) is 20.6. The van der Waals surface area contributed by atoms with Crippen LogP contribution in [0.15, 0.2) is 115 Å². The Hall–Kier alpha value is -7.92. The number of likely N-dealkylation sites (tertiary alicyclic amines) is 2. The normalized spacial score (nSPS) is 18.2. The van der Waals surface area contributed by atoms with Gasteiger partial charge in [-0.25, -0.2) is 0 Å². The molecule has 4 aromatic carbocycles. The Morgan fingerprint density at radius 2 is 0.900 bits per heavy atom. The number of alkyl halides is 6. The number of aryl methyl sites for hydroxylation is 2. The highest BCUT2D eigenvalue weighted by Crippen LogP contribution is 2.49. The number of hydrogen-bond acceptors (Lipinski definition) is 14. The van der Waals surface area contributed by atoms with Gasteiger partial charge in [0, 0.05) is 59.6 Å². The van der Waals surface area contributed by atoms with Gasteiger partial charge in [-0.05, 0) is 86.7 Å². The molecule has 2 saturated heterocycles. The van der Waals surface area contributed by atoms with Gasteiger partial charge in [0.15, 0.2) is 34.4 Å². The average Bonchev–Trinajstić information content (AvgIpc) is 4.29. The molecule has 0 radical (unpaired) electrons. The van der Waals surface area contributed by atoms with E-state index in [0.29, 0.717) is 98.3 Å². The average molecular weight is 1110 g/mol. The first-order chi connectivity index (χ1) is 38.4. The van der Waals surface area contributed by atoms with Crippen LogP contribution in [0.25, 0.3) is 68.1 Å². The Morgan fingerprint density at radius 1 is 0.525 bits per heavy atom. The van der Waals surface area contributed by atoms with E-state index in [9.17, 15) is 56.4 Å². The van der Waals surface area contributed by atoms with Crippen LogP contribution in [0.4, 0.5) is 26.3 Å². The molecule has 80 heavy (non-hydrogen) atoms. The van der Waals surface area contributed by atoms with Gasteiger partial charge in [0.05, 0.1) is 24.0 Å². The van der Waals surface area contributed by atoms with E-state index in [2.05, 4.69) is 20.6 Å². The monoisotopic (exact) mass is 1110 g/mol. The van der Waals surface area contributed by atoms with Crippen molar-refractivity contribution in [1.82, 2.24) is 30.4 Å². The standard InChI is InChI=1S/2C29H26F3N3O5/c2*30-29(31,32)23-25(34-39-26(23)16-5-2-1-3-6-16)27-21-11-8-17-13-18(9-10-20(17)24(21)33-40-27)22(36)15-35-12-4-7-19(14-35)28(37)38/h2*1-3,5-6,9-10,13,19,22,36H,4,7-8,11-12,14-15H2,(H,37,38)/t19-,22+;19-,22-/m00/s1. The fourth-order valence-electron chi connectivity index (χ4n) is 11.4. The van der Waals surface area contributed by atoms with Gasteiger partial charge in [-0.3, -0.25) is 19.4 Å². The molecule has 12 rings (SSSR count). The van der Waals surface area contributed by atoms with Crippen molar-refractivity contribution >= 4 is 11.9 Å². The van der Waals surface area contributed by atoms with Gasteiger partial charge >= 0.3 is 24.3 Å². The summed E-state index contributed by atoms with van der Waals surface area (Å²) in [6.45, 7) is 2.89. The minimum Gasteiger partial charge on any atom is -0.481 e. The summed E-state index contributed by atoms with van der Waals surface area (Å²) in [7, 11) is 0. The summed E-state index contributed by atoms with van der Waals surface area (Å²) in [5.41, 5.74) is 4.14. The van der Waals surface area contributed by atoms with E-state index in [1.807, 2.05) is 21.9 Å². The number of carboxylic acids is 2. The van der Waals surface area contributed by atoms with Crippen LogP contribution in [0.1, 0.15) is 82.4 Å². The van der Waals surface area contributed by atoms with Crippen LogP contribution in [0.5, 0.6) is 0 Å². The first kappa shape index (κ1) is 54.1. The van der Waals surface area contributed by atoms with E-state index in [4.69, 9.17) is 18.1 Å². The highest BCUT2D eigenvalue weighted by Gasteiger charge is 2.45. The molecule has 6 heterocycles. The molecule has 4 N–H and O–H groups in total. The lowest BCUT2D eigenvalue weighted by atomic mass is 9.86. The van der Waals surface area contributed by atoms with Gasteiger partial charge in [-0.15, -0.1) is 0 Å². The van der Waals surface area contributed by atoms with E-state index >= 15 is 0 Å². The summed E-state index contributed by atoms with van der Waals surface area (Å²) in [5, 5.41) is 56.3. The van der Waals surface area contributed by atoms with Crippen LogP contribution in [-0.4, -0.2) is 102 Å². The van der Waals surface area contributed by atoms with Gasteiger partial charge in [-0.2, -0.15) is 26.3 Å². The number of fused-ring (bicyclic) bond motifs is 6. The quantitative estimate of drug-likeness (QED) is 0.0835. The predicted molar refractivity (Wildman–Crippen MR) is 274 cm³/mol. The molecular weight excluding hydrogens is 1050 g/mol. The highest BCUT2D eigenvalue weighted by atomic mass is 19.4. The number of aliphatic hydroxyl groups excluding tert-OH is 2. The minimum atomic E-state index is -4.74. The van der Waals surface area contributed by atoms with Crippen LogP contribution in [-0.2, 0) is 47.6 Å². The number of aliphatic hydroxyl groups is 2. The summed E-state index contributed by atoms with van der Waals surface area (Å²) in [6.07, 6.45) is -6.55. The molecule has 0 saturated carbocycles. The molecule has 2 aliphatic carbocycles. The summed E-state index contributed by atoms with van der Waals surface area (Å²) in [5.74, 6) is -3.41. The number of benzene rings is 4. The molecule has 16 nitrogen and oxygen atoms in total. The number of rotatable bonds is 12. The number of aliphatic carboxylic acids is 2. The number of carboxylic acid groups (broad SMARTS) is 2.